The van der Waals surface area contributed by atoms with Gasteiger partial charge in [0, 0.05) is 19.3 Å². The quantitative estimate of drug-likeness (QED) is 0.767. The molecule has 4 nitrogen and oxygen atoms in total. The molecule has 0 unspecified atom stereocenters. The van der Waals surface area contributed by atoms with Crippen molar-refractivity contribution >= 4 is 27.5 Å². The van der Waals surface area contributed by atoms with Gasteiger partial charge in [0.05, 0.1) is 10.2 Å². The molecule has 2 aromatic heterocycles. The second-order valence-electron chi connectivity index (χ2n) is 5.61. The molecule has 5 heteroatoms. The maximum Gasteiger partial charge on any atom is 0.272 e. The normalized spacial score (nSPS) is 11.1. The van der Waals surface area contributed by atoms with Crippen molar-refractivity contribution in [2.24, 2.45) is 0 Å². The number of halogens is 1. The predicted molar refractivity (Wildman–Crippen MR) is 93.5 cm³/mol. The van der Waals surface area contributed by atoms with Crippen LogP contribution in [0.5, 0.6) is 0 Å². The number of amides is 1. The van der Waals surface area contributed by atoms with Crippen molar-refractivity contribution in [3.63, 3.8) is 0 Å². The molecule has 2 rings (SSSR count). The first-order valence-electron chi connectivity index (χ1n) is 7.99. The minimum atomic E-state index is 0.0885. The average Bonchev–Trinajstić information content (AvgIpc) is 2.85. The van der Waals surface area contributed by atoms with Gasteiger partial charge >= 0.3 is 0 Å². The van der Waals surface area contributed by atoms with Crippen LogP contribution in [0.2, 0.25) is 0 Å². The van der Waals surface area contributed by atoms with E-state index in [0.717, 1.165) is 53.7 Å². The number of nitrogens with zero attached hydrogens (tertiary/aromatic N) is 3. The largest absolute Gasteiger partial charge is 0.337 e. The molecule has 0 saturated heterocycles. The standard InChI is InChI=1S/C17H24BrN3O/c1-5-8-20(9-6-2)17(22)15-14(7-3)19-16-13(18)10-12(4)11-21(15)16/h10-11H,5-9H2,1-4H3. The highest BCUT2D eigenvalue weighted by Gasteiger charge is 2.23. The van der Waals surface area contributed by atoms with Crippen LogP contribution in [-0.4, -0.2) is 33.3 Å². The van der Waals surface area contributed by atoms with E-state index in [0.29, 0.717) is 5.69 Å². The first-order valence-corrected chi connectivity index (χ1v) is 8.79. The summed E-state index contributed by atoms with van der Waals surface area (Å²) in [4.78, 5) is 19.7. The summed E-state index contributed by atoms with van der Waals surface area (Å²) in [5.74, 6) is 0.0885. The third-order valence-corrected chi connectivity index (χ3v) is 4.28. The second kappa shape index (κ2) is 7.27. The number of hydrogen-bond acceptors (Lipinski definition) is 2. The van der Waals surface area contributed by atoms with Crippen molar-refractivity contribution in [2.45, 2.75) is 47.0 Å². The van der Waals surface area contributed by atoms with Gasteiger partial charge in [-0.1, -0.05) is 20.8 Å². The Balaban J connectivity index is 2.59. The van der Waals surface area contributed by atoms with Gasteiger partial charge in [-0.05, 0) is 53.7 Å². The van der Waals surface area contributed by atoms with Gasteiger partial charge in [0.25, 0.3) is 5.91 Å². The fourth-order valence-electron chi connectivity index (χ4n) is 2.76. The van der Waals surface area contributed by atoms with Crippen LogP contribution in [0.1, 0.15) is 55.4 Å². The minimum absolute atomic E-state index is 0.0885. The van der Waals surface area contributed by atoms with Crippen LogP contribution in [0, 0.1) is 6.92 Å². The monoisotopic (exact) mass is 365 g/mol. The first kappa shape index (κ1) is 17.0. The van der Waals surface area contributed by atoms with Gasteiger partial charge in [-0.3, -0.25) is 9.20 Å². The number of fused-ring (bicyclic) bond motifs is 1. The minimum Gasteiger partial charge on any atom is -0.337 e. The van der Waals surface area contributed by atoms with Gasteiger partial charge in [0.1, 0.15) is 5.69 Å². The number of carbonyl (C=O) groups excluding carboxylic acids is 1. The smallest absolute Gasteiger partial charge is 0.272 e. The van der Waals surface area contributed by atoms with E-state index in [4.69, 9.17) is 0 Å². The summed E-state index contributed by atoms with van der Waals surface area (Å²) >= 11 is 3.56. The Labute approximate surface area is 140 Å². The number of pyridine rings is 1. The average molecular weight is 366 g/mol. The van der Waals surface area contributed by atoms with Crippen LogP contribution in [-0.2, 0) is 6.42 Å². The van der Waals surface area contributed by atoms with E-state index in [2.05, 4.69) is 34.8 Å². The third kappa shape index (κ3) is 3.19. The third-order valence-electron chi connectivity index (χ3n) is 3.70. The lowest BCUT2D eigenvalue weighted by Crippen LogP contribution is -2.34. The molecule has 0 bridgehead atoms. The molecule has 0 radical (unpaired) electrons. The zero-order valence-corrected chi connectivity index (χ0v) is 15.4. The maximum absolute atomic E-state index is 13.1. The van der Waals surface area contributed by atoms with E-state index < -0.39 is 0 Å². The Morgan fingerprint density at radius 3 is 2.45 bits per heavy atom. The zero-order valence-electron chi connectivity index (χ0n) is 13.8. The lowest BCUT2D eigenvalue weighted by atomic mass is 10.2. The van der Waals surface area contributed by atoms with Crippen molar-refractivity contribution in [2.75, 3.05) is 13.1 Å². The SMILES string of the molecule is CCCN(CCC)C(=O)c1c(CC)nc2c(Br)cc(C)cn12. The number of rotatable bonds is 6. The zero-order chi connectivity index (χ0) is 16.3. The highest BCUT2D eigenvalue weighted by molar-refractivity contribution is 9.10. The van der Waals surface area contributed by atoms with E-state index in [9.17, 15) is 4.79 Å². The Hall–Kier alpha value is -1.36. The van der Waals surface area contributed by atoms with Gasteiger partial charge < -0.3 is 4.90 Å². The van der Waals surface area contributed by atoms with Gasteiger partial charge in [0.15, 0.2) is 5.65 Å². The Kier molecular flexibility index (Phi) is 5.62. The van der Waals surface area contributed by atoms with Gasteiger partial charge in [-0.25, -0.2) is 4.98 Å². The highest BCUT2D eigenvalue weighted by atomic mass is 79.9. The molecule has 22 heavy (non-hydrogen) atoms. The molecule has 0 spiro atoms. The van der Waals surface area contributed by atoms with E-state index in [-0.39, 0.29) is 5.91 Å². The molecule has 1 amide bonds. The van der Waals surface area contributed by atoms with E-state index in [1.54, 1.807) is 0 Å². The van der Waals surface area contributed by atoms with Crippen molar-refractivity contribution in [3.05, 3.63) is 33.7 Å². The summed E-state index contributed by atoms with van der Waals surface area (Å²) in [6.07, 6.45) is 4.68. The predicted octanol–water partition coefficient (Wildman–Crippen LogP) is 4.23. The first-order chi connectivity index (χ1) is 10.5. The van der Waals surface area contributed by atoms with Crippen molar-refractivity contribution in [3.8, 4) is 0 Å². The number of imidazole rings is 1. The number of hydrogen-bond donors (Lipinski definition) is 0. The molecule has 2 heterocycles. The molecule has 120 valence electrons. The molecule has 2 aromatic rings. The van der Waals surface area contributed by atoms with Crippen LogP contribution >= 0.6 is 15.9 Å². The molecule has 0 aliphatic heterocycles. The lowest BCUT2D eigenvalue weighted by molar-refractivity contribution is 0.0747. The fraction of sp³-hybridized carbons (Fsp3) is 0.529. The Morgan fingerprint density at radius 2 is 1.91 bits per heavy atom. The molecule has 0 aromatic carbocycles. The molecule has 0 aliphatic rings. The van der Waals surface area contributed by atoms with Gasteiger partial charge in [0.2, 0.25) is 0 Å². The molecule has 0 saturated carbocycles. The van der Waals surface area contributed by atoms with Gasteiger partial charge in [-0.2, -0.15) is 0 Å². The number of aromatic nitrogens is 2. The molecule has 0 fully saturated rings. The summed E-state index contributed by atoms with van der Waals surface area (Å²) in [7, 11) is 0. The molecule has 0 atom stereocenters. The van der Waals surface area contributed by atoms with E-state index >= 15 is 0 Å². The van der Waals surface area contributed by atoms with Gasteiger partial charge in [-0.15, -0.1) is 0 Å². The summed E-state index contributed by atoms with van der Waals surface area (Å²) in [5, 5.41) is 0. The topological polar surface area (TPSA) is 37.6 Å². The number of aryl methyl sites for hydroxylation is 2. The van der Waals surface area contributed by atoms with Crippen LogP contribution in [0.3, 0.4) is 0 Å². The number of carbonyl (C=O) groups is 1. The van der Waals surface area contributed by atoms with Crippen LogP contribution in [0.15, 0.2) is 16.7 Å². The molecular formula is C17H24BrN3O. The van der Waals surface area contributed by atoms with Crippen LogP contribution in [0.4, 0.5) is 0 Å². The maximum atomic E-state index is 13.1. The molecular weight excluding hydrogens is 342 g/mol. The lowest BCUT2D eigenvalue weighted by Gasteiger charge is -2.21. The molecule has 0 N–H and O–H groups in total. The Morgan fingerprint density at radius 1 is 1.27 bits per heavy atom. The van der Waals surface area contributed by atoms with Crippen molar-refractivity contribution < 1.29 is 4.79 Å². The summed E-state index contributed by atoms with van der Waals surface area (Å²) in [5.41, 5.74) is 3.50. The van der Waals surface area contributed by atoms with Crippen molar-refractivity contribution in [1.29, 1.82) is 0 Å². The molecule has 0 aliphatic carbocycles. The summed E-state index contributed by atoms with van der Waals surface area (Å²) < 4.78 is 2.87. The van der Waals surface area contributed by atoms with Crippen LogP contribution in [0.25, 0.3) is 5.65 Å². The van der Waals surface area contributed by atoms with Crippen molar-refractivity contribution in [1.82, 2.24) is 14.3 Å². The summed E-state index contributed by atoms with van der Waals surface area (Å²) in [6, 6.07) is 2.03. The second-order valence-corrected chi connectivity index (χ2v) is 6.47. The van der Waals surface area contributed by atoms with E-state index in [1.807, 2.05) is 35.4 Å². The van der Waals surface area contributed by atoms with Crippen LogP contribution < -0.4 is 0 Å². The van der Waals surface area contributed by atoms with E-state index in [1.165, 1.54) is 0 Å². The summed E-state index contributed by atoms with van der Waals surface area (Å²) in [6.45, 7) is 9.85. The Bertz CT molecular complexity index is 672. The highest BCUT2D eigenvalue weighted by Crippen LogP contribution is 2.24. The fourth-order valence-corrected chi connectivity index (χ4v) is 3.40.